The zero-order chi connectivity index (χ0) is 23.7. The van der Waals surface area contributed by atoms with E-state index in [0.717, 1.165) is 0 Å². The molecule has 1 N–H and O–H groups in total. The first-order valence-corrected chi connectivity index (χ1v) is 11.2. The Labute approximate surface area is 202 Å². The summed E-state index contributed by atoms with van der Waals surface area (Å²) in [6, 6.07) is 25.1. The van der Waals surface area contributed by atoms with Crippen LogP contribution in [0.5, 0.6) is 17.2 Å². The topological polar surface area (TPSA) is 79.5 Å². The molecule has 3 aromatic rings. The maximum Gasteiger partial charge on any atom is 0.319 e. The van der Waals surface area contributed by atoms with Gasteiger partial charge >= 0.3 is 5.97 Å². The van der Waals surface area contributed by atoms with Crippen molar-refractivity contribution >= 4 is 29.2 Å². The summed E-state index contributed by atoms with van der Waals surface area (Å²) in [6.45, 7) is 2.33. The van der Waals surface area contributed by atoms with Gasteiger partial charge in [-0.1, -0.05) is 65.7 Å². The molecule has 1 saturated carbocycles. The van der Waals surface area contributed by atoms with Gasteiger partial charge in [0, 0.05) is 0 Å². The van der Waals surface area contributed by atoms with E-state index in [1.165, 1.54) is 0 Å². The van der Waals surface area contributed by atoms with Crippen molar-refractivity contribution in [3.63, 3.8) is 0 Å². The Balaban J connectivity index is 1.70. The number of nitrogens with zero attached hydrogens (tertiary/aromatic N) is 1. The number of carbonyl (C=O) groups is 1. The first kappa shape index (κ1) is 23.0. The molecule has 0 saturated heterocycles. The van der Waals surface area contributed by atoms with Crippen LogP contribution in [0.3, 0.4) is 0 Å². The summed E-state index contributed by atoms with van der Waals surface area (Å²) in [7, 11) is 0. The van der Waals surface area contributed by atoms with Gasteiger partial charge in [0.1, 0.15) is 28.1 Å². The van der Waals surface area contributed by atoms with E-state index in [2.05, 4.69) is 6.07 Å². The van der Waals surface area contributed by atoms with Gasteiger partial charge in [-0.3, -0.25) is 4.79 Å². The Morgan fingerprint density at radius 1 is 0.970 bits per heavy atom. The van der Waals surface area contributed by atoms with Gasteiger partial charge < -0.3 is 14.6 Å². The predicted octanol–water partition coefficient (Wildman–Crippen LogP) is 6.14. The monoisotopic (exact) mass is 481 g/mol. The van der Waals surface area contributed by atoms with Crippen LogP contribution in [0.25, 0.3) is 0 Å². The van der Waals surface area contributed by atoms with Crippen molar-refractivity contribution in [2.75, 3.05) is 6.61 Å². The molecule has 4 rings (SSSR count). The molecular formula is C26H21Cl2NO4. The van der Waals surface area contributed by atoms with Crippen molar-refractivity contribution in [2.24, 2.45) is 5.41 Å². The molecule has 168 valence electrons. The fourth-order valence-corrected chi connectivity index (χ4v) is 5.58. The smallest absolute Gasteiger partial charge is 0.319 e. The molecule has 0 spiro atoms. The third-order valence-corrected chi connectivity index (χ3v) is 7.25. The van der Waals surface area contributed by atoms with E-state index in [-0.39, 0.29) is 6.42 Å². The van der Waals surface area contributed by atoms with Crippen molar-refractivity contribution in [3.8, 4) is 23.3 Å². The van der Waals surface area contributed by atoms with Gasteiger partial charge in [0.25, 0.3) is 0 Å². The van der Waals surface area contributed by atoms with Crippen molar-refractivity contribution < 1.29 is 19.4 Å². The highest BCUT2D eigenvalue weighted by Crippen LogP contribution is 2.79. The number of hydrogen-bond donors (Lipinski definition) is 1. The molecule has 33 heavy (non-hydrogen) atoms. The highest BCUT2D eigenvalue weighted by atomic mass is 35.5. The molecule has 5 nitrogen and oxygen atoms in total. The Morgan fingerprint density at radius 2 is 1.64 bits per heavy atom. The fraction of sp³-hybridized carbons (Fsp3) is 0.231. The highest BCUT2D eigenvalue weighted by molar-refractivity contribution is 6.55. The number of carboxylic acid groups (broad SMARTS) is 1. The summed E-state index contributed by atoms with van der Waals surface area (Å²) in [5.74, 6) is 0.555. The molecule has 2 atom stereocenters. The third-order valence-electron chi connectivity index (χ3n) is 6.04. The van der Waals surface area contributed by atoms with Gasteiger partial charge in [-0.2, -0.15) is 5.26 Å². The number of halogens is 2. The summed E-state index contributed by atoms with van der Waals surface area (Å²) >= 11 is 13.3. The summed E-state index contributed by atoms with van der Waals surface area (Å²) in [5.41, 5.74) is -2.36. The number of ether oxygens (including phenoxy) is 2. The van der Waals surface area contributed by atoms with E-state index >= 15 is 0 Å². The quantitative estimate of drug-likeness (QED) is 0.390. The Bertz CT molecular complexity index is 1210. The molecule has 0 heterocycles. The first-order valence-electron chi connectivity index (χ1n) is 10.4. The van der Waals surface area contributed by atoms with Crippen LogP contribution in [0.15, 0.2) is 78.9 Å². The van der Waals surface area contributed by atoms with Gasteiger partial charge in [-0.25, -0.2) is 0 Å². The van der Waals surface area contributed by atoms with Crippen molar-refractivity contribution in [2.45, 2.75) is 23.1 Å². The highest BCUT2D eigenvalue weighted by Gasteiger charge is 2.92. The molecule has 0 bridgehead atoms. The maximum atomic E-state index is 12.6. The zero-order valence-electron chi connectivity index (χ0n) is 17.8. The van der Waals surface area contributed by atoms with E-state index in [9.17, 15) is 15.2 Å². The molecular weight excluding hydrogens is 461 g/mol. The molecule has 0 amide bonds. The zero-order valence-corrected chi connectivity index (χ0v) is 19.3. The standard InChI is InChI=1S/C26H21Cl2NO4/c1-2-32-20-13-11-19(12-14-20)25(23(30)31)24(17-29,26(25,27)28)16-18-7-6-10-22(15-18)33-21-8-4-3-5-9-21/h3-15H,2,16H2,1H3,(H,30,31). The van der Waals surface area contributed by atoms with Crippen LogP contribution in [-0.4, -0.2) is 22.0 Å². The number of rotatable bonds is 8. The summed E-state index contributed by atoms with van der Waals surface area (Å²) in [5, 5.41) is 20.5. The minimum Gasteiger partial charge on any atom is -0.494 e. The van der Waals surface area contributed by atoms with E-state index < -0.39 is 21.1 Å². The van der Waals surface area contributed by atoms with E-state index in [4.69, 9.17) is 32.7 Å². The van der Waals surface area contributed by atoms with E-state index in [1.807, 2.05) is 37.3 Å². The van der Waals surface area contributed by atoms with Gasteiger partial charge in [-0.05, 0) is 60.9 Å². The molecule has 2 unspecified atom stereocenters. The Morgan fingerprint density at radius 3 is 2.24 bits per heavy atom. The molecule has 1 fully saturated rings. The molecule has 1 aliphatic rings. The number of carboxylic acids is 1. The lowest BCUT2D eigenvalue weighted by molar-refractivity contribution is -0.140. The van der Waals surface area contributed by atoms with Gasteiger partial charge in [0.05, 0.1) is 12.7 Å². The number of benzene rings is 3. The van der Waals surface area contributed by atoms with Gasteiger partial charge in [0.15, 0.2) is 4.33 Å². The lowest BCUT2D eigenvalue weighted by Crippen LogP contribution is -2.30. The SMILES string of the molecule is CCOc1ccc(C2(C(=O)O)C(Cl)(Cl)C2(C#N)Cc2cccc(Oc3ccccc3)c2)cc1. The second kappa shape index (κ2) is 8.62. The van der Waals surface area contributed by atoms with Crippen LogP contribution in [0.2, 0.25) is 0 Å². The Kier molecular flexibility index (Phi) is 6.00. The second-order valence-electron chi connectivity index (χ2n) is 7.84. The molecule has 0 aromatic heterocycles. The predicted molar refractivity (Wildman–Crippen MR) is 126 cm³/mol. The Hall–Kier alpha value is -3.20. The van der Waals surface area contributed by atoms with Crippen LogP contribution >= 0.6 is 23.2 Å². The summed E-state index contributed by atoms with van der Waals surface area (Å²) < 4.78 is 9.49. The third kappa shape index (κ3) is 3.51. The first-order chi connectivity index (χ1) is 15.8. The van der Waals surface area contributed by atoms with Crippen LogP contribution in [-0.2, 0) is 16.6 Å². The molecule has 3 aromatic carbocycles. The lowest BCUT2D eigenvalue weighted by Gasteiger charge is -2.17. The largest absolute Gasteiger partial charge is 0.494 e. The number of nitriles is 1. The van der Waals surface area contributed by atoms with Crippen molar-refractivity contribution in [1.29, 1.82) is 5.26 Å². The van der Waals surface area contributed by atoms with Crippen LogP contribution in [0, 0.1) is 16.7 Å². The second-order valence-corrected chi connectivity index (χ2v) is 9.17. The fourth-order valence-electron chi connectivity index (χ4n) is 4.47. The van der Waals surface area contributed by atoms with Crippen molar-refractivity contribution in [3.05, 3.63) is 90.0 Å². The molecule has 1 aliphatic carbocycles. The molecule has 7 heteroatoms. The number of alkyl halides is 2. The van der Waals surface area contributed by atoms with Crippen LogP contribution < -0.4 is 9.47 Å². The number of aliphatic carboxylic acids is 1. The number of hydrogen-bond acceptors (Lipinski definition) is 4. The normalized spacial score (nSPS) is 22.7. The van der Waals surface area contributed by atoms with E-state index in [0.29, 0.717) is 35.0 Å². The van der Waals surface area contributed by atoms with Gasteiger partial charge in [0.2, 0.25) is 0 Å². The van der Waals surface area contributed by atoms with Gasteiger partial charge in [-0.15, -0.1) is 0 Å². The summed E-state index contributed by atoms with van der Waals surface area (Å²) in [6.07, 6.45) is 0.0298. The maximum absolute atomic E-state index is 12.6. The molecule has 0 aliphatic heterocycles. The minimum absolute atomic E-state index is 0.0298. The van der Waals surface area contributed by atoms with Crippen molar-refractivity contribution in [1.82, 2.24) is 0 Å². The lowest BCUT2D eigenvalue weighted by atomic mass is 9.83. The summed E-state index contributed by atoms with van der Waals surface area (Å²) in [4.78, 5) is 12.6. The van der Waals surface area contributed by atoms with Crippen LogP contribution in [0.4, 0.5) is 0 Å². The minimum atomic E-state index is -1.84. The van der Waals surface area contributed by atoms with Crippen LogP contribution in [0.1, 0.15) is 18.1 Å². The average Bonchev–Trinajstić information content (AvgIpc) is 3.25. The number of para-hydroxylation sites is 1. The van der Waals surface area contributed by atoms with E-state index in [1.54, 1.807) is 48.5 Å². The molecule has 0 radical (unpaired) electrons. The average molecular weight is 482 g/mol.